The highest BCUT2D eigenvalue weighted by Crippen LogP contribution is 2.25. The Balaban J connectivity index is 2.27. The number of halogens is 2. The molecule has 2 aromatic carbocycles. The van der Waals surface area contributed by atoms with Gasteiger partial charge in [0.2, 0.25) is 0 Å². The molecule has 2 N–H and O–H groups in total. The van der Waals surface area contributed by atoms with Crippen LogP contribution in [0.3, 0.4) is 0 Å². The SMILES string of the molecule is Nc1cccc(C(=O)Cc2c(Cl)cccc2Cl)c1. The zero-order chi connectivity index (χ0) is 13.1. The normalized spacial score (nSPS) is 10.3. The molecule has 92 valence electrons. The van der Waals surface area contributed by atoms with Gasteiger partial charge in [-0.25, -0.2) is 0 Å². The molecule has 0 aromatic heterocycles. The van der Waals surface area contributed by atoms with Gasteiger partial charge in [-0.05, 0) is 29.8 Å². The lowest BCUT2D eigenvalue weighted by Crippen LogP contribution is -2.05. The van der Waals surface area contributed by atoms with Crippen LogP contribution in [0.2, 0.25) is 10.0 Å². The number of anilines is 1. The summed E-state index contributed by atoms with van der Waals surface area (Å²) in [6, 6.07) is 12.0. The first-order valence-corrected chi connectivity index (χ1v) is 6.15. The zero-order valence-electron chi connectivity index (χ0n) is 9.49. The van der Waals surface area contributed by atoms with Crippen LogP contribution in [0.1, 0.15) is 15.9 Å². The predicted molar refractivity (Wildman–Crippen MR) is 75.4 cm³/mol. The number of Topliss-reactive ketones (excluding diaryl/α,β-unsaturated/α-hetero) is 1. The van der Waals surface area contributed by atoms with E-state index < -0.39 is 0 Å². The Morgan fingerprint density at radius 2 is 1.67 bits per heavy atom. The molecule has 2 rings (SSSR count). The Kier molecular flexibility index (Phi) is 3.90. The molecular formula is C14H11Cl2NO. The van der Waals surface area contributed by atoms with Gasteiger partial charge >= 0.3 is 0 Å². The van der Waals surface area contributed by atoms with Crippen LogP contribution in [-0.4, -0.2) is 5.78 Å². The topological polar surface area (TPSA) is 43.1 Å². The van der Waals surface area contributed by atoms with Crippen molar-refractivity contribution in [3.05, 3.63) is 63.6 Å². The third-order valence-corrected chi connectivity index (χ3v) is 3.32. The Morgan fingerprint density at radius 1 is 1.06 bits per heavy atom. The van der Waals surface area contributed by atoms with Gasteiger partial charge in [0.05, 0.1) is 0 Å². The smallest absolute Gasteiger partial charge is 0.167 e. The summed E-state index contributed by atoms with van der Waals surface area (Å²) in [6.07, 6.45) is 0.169. The summed E-state index contributed by atoms with van der Waals surface area (Å²) in [7, 11) is 0. The molecule has 2 nitrogen and oxygen atoms in total. The maximum Gasteiger partial charge on any atom is 0.167 e. The Bertz CT molecular complexity index is 576. The summed E-state index contributed by atoms with van der Waals surface area (Å²) in [6.45, 7) is 0. The molecule has 0 aliphatic heterocycles. The van der Waals surface area contributed by atoms with Gasteiger partial charge in [-0.2, -0.15) is 0 Å². The summed E-state index contributed by atoms with van der Waals surface area (Å²) in [5.41, 5.74) is 7.41. The summed E-state index contributed by atoms with van der Waals surface area (Å²) < 4.78 is 0. The minimum atomic E-state index is -0.0581. The van der Waals surface area contributed by atoms with Gasteiger partial charge in [0.1, 0.15) is 0 Å². The van der Waals surface area contributed by atoms with E-state index in [4.69, 9.17) is 28.9 Å². The molecule has 0 aliphatic rings. The summed E-state index contributed by atoms with van der Waals surface area (Å²) in [5, 5.41) is 1.000. The monoisotopic (exact) mass is 279 g/mol. The zero-order valence-corrected chi connectivity index (χ0v) is 11.0. The number of benzene rings is 2. The highest BCUT2D eigenvalue weighted by atomic mass is 35.5. The molecule has 0 radical (unpaired) electrons. The van der Waals surface area contributed by atoms with Gasteiger partial charge in [0, 0.05) is 27.7 Å². The van der Waals surface area contributed by atoms with Gasteiger partial charge in [-0.1, -0.05) is 41.4 Å². The highest BCUT2D eigenvalue weighted by molar-refractivity contribution is 6.36. The van der Waals surface area contributed by atoms with E-state index in [0.717, 1.165) is 0 Å². The van der Waals surface area contributed by atoms with E-state index >= 15 is 0 Å². The Labute approximate surface area is 115 Å². The summed E-state index contributed by atoms with van der Waals surface area (Å²) in [5.74, 6) is -0.0581. The third-order valence-electron chi connectivity index (χ3n) is 2.61. The van der Waals surface area contributed by atoms with E-state index in [1.54, 1.807) is 42.5 Å². The molecular weight excluding hydrogens is 269 g/mol. The van der Waals surface area contributed by atoms with E-state index in [2.05, 4.69) is 0 Å². The first kappa shape index (κ1) is 12.9. The number of hydrogen-bond acceptors (Lipinski definition) is 2. The molecule has 0 amide bonds. The number of rotatable bonds is 3. The summed E-state index contributed by atoms with van der Waals surface area (Å²) >= 11 is 12.1. The van der Waals surface area contributed by atoms with Gasteiger partial charge < -0.3 is 5.73 Å². The molecule has 0 saturated carbocycles. The molecule has 0 bridgehead atoms. The Hall–Kier alpha value is -1.51. The average molecular weight is 280 g/mol. The van der Waals surface area contributed by atoms with Crippen molar-refractivity contribution in [1.82, 2.24) is 0 Å². The maximum atomic E-state index is 12.1. The average Bonchev–Trinajstić information content (AvgIpc) is 2.34. The van der Waals surface area contributed by atoms with Crippen LogP contribution in [-0.2, 0) is 6.42 Å². The molecule has 0 saturated heterocycles. The first-order valence-electron chi connectivity index (χ1n) is 5.39. The molecule has 0 heterocycles. The second-order valence-corrected chi connectivity index (χ2v) is 4.74. The minimum absolute atomic E-state index is 0.0581. The lowest BCUT2D eigenvalue weighted by molar-refractivity contribution is 0.0993. The lowest BCUT2D eigenvalue weighted by Gasteiger charge is -2.06. The molecule has 4 heteroatoms. The molecule has 18 heavy (non-hydrogen) atoms. The van der Waals surface area contributed by atoms with Crippen molar-refractivity contribution in [2.45, 2.75) is 6.42 Å². The standard InChI is InChI=1S/C14H11Cl2NO/c15-12-5-2-6-13(16)11(12)8-14(18)9-3-1-4-10(17)7-9/h1-7H,8,17H2. The van der Waals surface area contributed by atoms with Crippen molar-refractivity contribution in [3.63, 3.8) is 0 Å². The quantitative estimate of drug-likeness (QED) is 0.682. The maximum absolute atomic E-state index is 12.1. The molecule has 0 spiro atoms. The molecule has 0 aliphatic carbocycles. The molecule has 2 aromatic rings. The first-order chi connectivity index (χ1) is 8.58. The Morgan fingerprint density at radius 3 is 2.28 bits per heavy atom. The van der Waals surface area contributed by atoms with E-state index in [1.807, 2.05) is 0 Å². The second-order valence-electron chi connectivity index (χ2n) is 3.93. The number of nitrogens with two attached hydrogens (primary N) is 1. The van der Waals surface area contributed by atoms with Crippen molar-refractivity contribution >= 4 is 34.7 Å². The van der Waals surface area contributed by atoms with Crippen molar-refractivity contribution in [3.8, 4) is 0 Å². The van der Waals surface area contributed by atoms with Crippen LogP contribution in [0.25, 0.3) is 0 Å². The fourth-order valence-corrected chi connectivity index (χ4v) is 2.21. The molecule has 0 atom stereocenters. The second kappa shape index (κ2) is 5.42. The van der Waals surface area contributed by atoms with Crippen LogP contribution in [0, 0.1) is 0 Å². The van der Waals surface area contributed by atoms with E-state index in [-0.39, 0.29) is 12.2 Å². The van der Waals surface area contributed by atoms with Crippen LogP contribution in [0.15, 0.2) is 42.5 Å². The van der Waals surface area contributed by atoms with Gasteiger partial charge in [0.15, 0.2) is 5.78 Å². The van der Waals surface area contributed by atoms with Crippen LogP contribution in [0.4, 0.5) is 5.69 Å². The van der Waals surface area contributed by atoms with Gasteiger partial charge in [0.25, 0.3) is 0 Å². The number of ketones is 1. The molecule has 0 fully saturated rings. The van der Waals surface area contributed by atoms with Gasteiger partial charge in [-0.15, -0.1) is 0 Å². The minimum Gasteiger partial charge on any atom is -0.399 e. The number of nitrogen functional groups attached to an aromatic ring is 1. The van der Waals surface area contributed by atoms with E-state index in [0.29, 0.717) is 26.9 Å². The third kappa shape index (κ3) is 2.84. The van der Waals surface area contributed by atoms with Crippen molar-refractivity contribution in [1.29, 1.82) is 0 Å². The molecule has 0 unspecified atom stereocenters. The van der Waals surface area contributed by atoms with Crippen molar-refractivity contribution < 1.29 is 4.79 Å². The van der Waals surface area contributed by atoms with E-state index in [1.165, 1.54) is 0 Å². The predicted octanol–water partition coefficient (Wildman–Crippen LogP) is 4.00. The van der Waals surface area contributed by atoms with Crippen LogP contribution in [0.5, 0.6) is 0 Å². The van der Waals surface area contributed by atoms with Crippen LogP contribution < -0.4 is 5.73 Å². The lowest BCUT2D eigenvalue weighted by atomic mass is 10.0. The largest absolute Gasteiger partial charge is 0.399 e. The fourth-order valence-electron chi connectivity index (χ4n) is 1.68. The van der Waals surface area contributed by atoms with Crippen molar-refractivity contribution in [2.24, 2.45) is 0 Å². The number of carbonyl (C=O) groups excluding carboxylic acids is 1. The number of hydrogen-bond donors (Lipinski definition) is 1. The summed E-state index contributed by atoms with van der Waals surface area (Å²) in [4.78, 5) is 12.1. The van der Waals surface area contributed by atoms with Crippen molar-refractivity contribution in [2.75, 3.05) is 5.73 Å². The van der Waals surface area contributed by atoms with Gasteiger partial charge in [-0.3, -0.25) is 4.79 Å². The van der Waals surface area contributed by atoms with E-state index in [9.17, 15) is 4.79 Å². The highest BCUT2D eigenvalue weighted by Gasteiger charge is 2.12. The van der Waals surface area contributed by atoms with Crippen LogP contribution >= 0.6 is 23.2 Å². The number of carbonyl (C=O) groups is 1. The fraction of sp³-hybridized carbons (Fsp3) is 0.0714.